The Bertz CT molecular complexity index is 774. The average molecular weight is 342 g/mol. The fourth-order valence-electron chi connectivity index (χ4n) is 2.74. The van der Waals surface area contributed by atoms with Crippen LogP contribution in [0.2, 0.25) is 0 Å². The van der Waals surface area contributed by atoms with Crippen molar-refractivity contribution in [3.63, 3.8) is 0 Å². The van der Waals surface area contributed by atoms with Gasteiger partial charge >= 0.3 is 5.97 Å². The first-order valence-corrected chi connectivity index (χ1v) is 8.18. The summed E-state index contributed by atoms with van der Waals surface area (Å²) in [4.78, 5) is 11.4. The fourth-order valence-corrected chi connectivity index (χ4v) is 4.55. The second-order valence-electron chi connectivity index (χ2n) is 5.20. The molecule has 1 fully saturated rings. The van der Waals surface area contributed by atoms with E-state index in [2.05, 4.69) is 0 Å². The summed E-state index contributed by atoms with van der Waals surface area (Å²) in [6, 6.07) is 4.37. The summed E-state index contributed by atoms with van der Waals surface area (Å²) in [6.07, 6.45) is 0.475. The van der Waals surface area contributed by atoms with Crippen LogP contribution >= 0.6 is 0 Å². The Morgan fingerprint density at radius 1 is 1.57 bits per heavy atom. The second kappa shape index (κ2) is 6.23. The number of nitriles is 1. The zero-order valence-corrected chi connectivity index (χ0v) is 13.1. The van der Waals surface area contributed by atoms with Crippen LogP contribution in [0.1, 0.15) is 18.4 Å². The maximum absolute atomic E-state index is 13.4. The number of carboxylic acids is 1. The Labute approximate surface area is 132 Å². The van der Waals surface area contributed by atoms with E-state index in [1.54, 1.807) is 6.07 Å². The number of carboxylic acid groups (broad SMARTS) is 1. The first-order chi connectivity index (χ1) is 10.8. The minimum absolute atomic E-state index is 0.0112. The molecule has 1 saturated heterocycles. The third-order valence-electron chi connectivity index (χ3n) is 3.86. The van der Waals surface area contributed by atoms with Gasteiger partial charge in [0.1, 0.15) is 11.9 Å². The fraction of sp³-hybridized carbons (Fsp3) is 0.429. The SMILES string of the molecule is COCC1(C(=O)O)CCCN1S(=O)(=O)c1ccc(F)c(C#N)c1. The summed E-state index contributed by atoms with van der Waals surface area (Å²) in [5, 5.41) is 18.4. The maximum atomic E-state index is 13.4. The number of halogens is 1. The van der Waals surface area contributed by atoms with Gasteiger partial charge in [0.25, 0.3) is 0 Å². The van der Waals surface area contributed by atoms with Gasteiger partial charge in [-0.2, -0.15) is 9.57 Å². The summed E-state index contributed by atoms with van der Waals surface area (Å²) in [5.74, 6) is -2.14. The molecule has 0 spiro atoms. The van der Waals surface area contributed by atoms with Gasteiger partial charge < -0.3 is 9.84 Å². The van der Waals surface area contributed by atoms with Crippen molar-refractivity contribution >= 4 is 16.0 Å². The molecule has 0 aromatic heterocycles. The minimum atomic E-state index is -4.21. The highest BCUT2D eigenvalue weighted by Crippen LogP contribution is 2.35. The number of aliphatic carboxylic acids is 1. The lowest BCUT2D eigenvalue weighted by Gasteiger charge is -2.33. The normalized spacial score (nSPS) is 22.0. The van der Waals surface area contributed by atoms with Crippen molar-refractivity contribution in [2.24, 2.45) is 0 Å². The van der Waals surface area contributed by atoms with Crippen molar-refractivity contribution < 1.29 is 27.4 Å². The van der Waals surface area contributed by atoms with Crippen molar-refractivity contribution in [1.82, 2.24) is 4.31 Å². The Kier molecular flexibility index (Phi) is 4.70. The van der Waals surface area contributed by atoms with Crippen LogP contribution in [0, 0.1) is 17.1 Å². The number of rotatable bonds is 5. The number of sulfonamides is 1. The number of hydrogen-bond donors (Lipinski definition) is 1. The van der Waals surface area contributed by atoms with E-state index in [0.29, 0.717) is 6.42 Å². The summed E-state index contributed by atoms with van der Waals surface area (Å²) in [5.41, 5.74) is -2.12. The number of hydrogen-bond acceptors (Lipinski definition) is 5. The maximum Gasteiger partial charge on any atom is 0.327 e. The van der Waals surface area contributed by atoms with Gasteiger partial charge in [-0.15, -0.1) is 0 Å². The smallest absolute Gasteiger partial charge is 0.327 e. The average Bonchev–Trinajstić information content (AvgIpc) is 2.94. The van der Waals surface area contributed by atoms with E-state index in [1.165, 1.54) is 7.11 Å². The third kappa shape index (κ3) is 2.81. The first kappa shape index (κ1) is 17.3. The highest BCUT2D eigenvalue weighted by molar-refractivity contribution is 7.89. The number of nitrogens with zero attached hydrogens (tertiary/aromatic N) is 2. The first-order valence-electron chi connectivity index (χ1n) is 6.74. The summed E-state index contributed by atoms with van der Waals surface area (Å²) in [6.45, 7) is -0.287. The number of methoxy groups -OCH3 is 1. The highest BCUT2D eigenvalue weighted by Gasteiger charge is 2.53. The van der Waals surface area contributed by atoms with Gasteiger partial charge in [0.15, 0.2) is 5.54 Å². The molecule has 1 aromatic carbocycles. The molecular formula is C14H15FN2O5S. The van der Waals surface area contributed by atoms with E-state index in [-0.39, 0.29) is 24.5 Å². The molecule has 0 saturated carbocycles. The quantitative estimate of drug-likeness (QED) is 0.853. The standard InChI is InChI=1S/C14H15FN2O5S/c1-22-9-14(13(18)19)5-2-6-17(14)23(20,21)11-3-4-12(15)10(7-11)8-16/h3-4,7H,2,5-6,9H2,1H3,(H,18,19). The van der Waals surface area contributed by atoms with Crippen LogP contribution in [-0.2, 0) is 19.6 Å². The predicted octanol–water partition coefficient (Wildman–Crippen LogP) is 0.952. The van der Waals surface area contributed by atoms with Crippen LogP contribution in [0.4, 0.5) is 4.39 Å². The van der Waals surface area contributed by atoms with Gasteiger partial charge in [-0.05, 0) is 31.0 Å². The predicted molar refractivity (Wildman–Crippen MR) is 76.5 cm³/mol. The molecule has 1 atom stereocenters. The van der Waals surface area contributed by atoms with Crippen molar-refractivity contribution in [2.45, 2.75) is 23.3 Å². The molecule has 0 amide bonds. The van der Waals surface area contributed by atoms with E-state index in [4.69, 9.17) is 10.00 Å². The van der Waals surface area contributed by atoms with Crippen LogP contribution in [-0.4, -0.2) is 49.6 Å². The number of carbonyl (C=O) groups is 1. The largest absolute Gasteiger partial charge is 0.480 e. The lowest BCUT2D eigenvalue weighted by molar-refractivity contribution is -0.150. The van der Waals surface area contributed by atoms with Crippen LogP contribution in [0.25, 0.3) is 0 Å². The molecule has 0 bridgehead atoms. The van der Waals surface area contributed by atoms with Crippen LogP contribution < -0.4 is 0 Å². The molecule has 0 aliphatic carbocycles. The van der Waals surface area contributed by atoms with Crippen LogP contribution in [0.5, 0.6) is 0 Å². The molecule has 9 heteroatoms. The molecule has 124 valence electrons. The summed E-state index contributed by atoms with van der Waals surface area (Å²) < 4.78 is 44.7. The molecule has 1 aliphatic rings. The van der Waals surface area contributed by atoms with Crippen molar-refractivity contribution in [3.8, 4) is 6.07 Å². The molecule has 1 aromatic rings. The van der Waals surface area contributed by atoms with Crippen molar-refractivity contribution in [3.05, 3.63) is 29.6 Å². The van der Waals surface area contributed by atoms with Gasteiger partial charge in [-0.1, -0.05) is 0 Å². The van der Waals surface area contributed by atoms with E-state index < -0.39 is 32.9 Å². The van der Waals surface area contributed by atoms with E-state index >= 15 is 0 Å². The Hall–Kier alpha value is -2.02. The van der Waals surface area contributed by atoms with Gasteiger partial charge in [-0.25, -0.2) is 12.8 Å². The lowest BCUT2D eigenvalue weighted by Crippen LogP contribution is -2.55. The van der Waals surface area contributed by atoms with E-state index in [9.17, 15) is 22.7 Å². The molecule has 1 N–H and O–H groups in total. The van der Waals surface area contributed by atoms with Gasteiger partial charge in [-0.3, -0.25) is 4.79 Å². The number of ether oxygens (including phenoxy) is 1. The number of benzene rings is 1. The molecule has 1 unspecified atom stereocenters. The van der Waals surface area contributed by atoms with Gasteiger partial charge in [0, 0.05) is 13.7 Å². The van der Waals surface area contributed by atoms with Crippen molar-refractivity contribution in [2.75, 3.05) is 20.3 Å². The van der Waals surface area contributed by atoms with Crippen molar-refractivity contribution in [1.29, 1.82) is 5.26 Å². The Morgan fingerprint density at radius 2 is 2.26 bits per heavy atom. The highest BCUT2D eigenvalue weighted by atomic mass is 32.2. The van der Waals surface area contributed by atoms with E-state index in [0.717, 1.165) is 22.5 Å². The molecule has 7 nitrogen and oxygen atoms in total. The lowest BCUT2D eigenvalue weighted by atomic mass is 9.99. The Morgan fingerprint density at radius 3 is 2.83 bits per heavy atom. The topological polar surface area (TPSA) is 108 Å². The zero-order valence-electron chi connectivity index (χ0n) is 12.3. The molecule has 1 aliphatic heterocycles. The summed E-state index contributed by atoms with van der Waals surface area (Å²) in [7, 11) is -2.92. The second-order valence-corrected chi connectivity index (χ2v) is 7.07. The van der Waals surface area contributed by atoms with E-state index in [1.807, 2.05) is 0 Å². The minimum Gasteiger partial charge on any atom is -0.480 e. The third-order valence-corrected chi connectivity index (χ3v) is 5.82. The monoisotopic (exact) mass is 342 g/mol. The molecule has 1 heterocycles. The van der Waals surface area contributed by atoms with Gasteiger partial charge in [0.2, 0.25) is 10.0 Å². The van der Waals surface area contributed by atoms with Gasteiger partial charge in [0.05, 0.1) is 17.1 Å². The molecule has 23 heavy (non-hydrogen) atoms. The Balaban J connectivity index is 2.54. The summed E-state index contributed by atoms with van der Waals surface area (Å²) >= 11 is 0. The van der Waals surface area contributed by atoms with Crippen LogP contribution in [0.3, 0.4) is 0 Å². The molecule has 0 radical (unpaired) electrons. The zero-order chi connectivity index (χ0) is 17.3. The van der Waals surface area contributed by atoms with Crippen LogP contribution in [0.15, 0.2) is 23.1 Å². The molecular weight excluding hydrogens is 327 g/mol. The molecule has 2 rings (SSSR count).